The molecule has 2 N–H and O–H groups in total. The fraction of sp³-hybridized carbons (Fsp3) is 0.364. The van der Waals surface area contributed by atoms with E-state index < -0.39 is 0 Å². The highest BCUT2D eigenvalue weighted by molar-refractivity contribution is 5.58. The molecule has 1 aliphatic rings. The molecule has 0 spiro atoms. The van der Waals surface area contributed by atoms with Crippen molar-refractivity contribution < 1.29 is 9.15 Å². The molecule has 1 fully saturated rings. The van der Waals surface area contributed by atoms with Gasteiger partial charge in [0.1, 0.15) is 5.76 Å². The number of morpholine rings is 1. The monoisotopic (exact) mass is 394 g/mol. The summed E-state index contributed by atoms with van der Waals surface area (Å²) in [5.41, 5.74) is 8.92. The van der Waals surface area contributed by atoms with E-state index >= 15 is 0 Å². The maximum Gasteiger partial charge on any atom is 0.255 e. The zero-order chi connectivity index (χ0) is 20.1. The molecule has 1 aromatic carbocycles. The van der Waals surface area contributed by atoms with Gasteiger partial charge in [0.05, 0.1) is 25.2 Å². The lowest BCUT2D eigenvalue weighted by Crippen LogP contribution is -2.39. The number of aromatic nitrogens is 2. The van der Waals surface area contributed by atoms with Crippen molar-refractivity contribution in [2.24, 2.45) is 0 Å². The molecule has 1 saturated heterocycles. The number of hydrogen-bond acceptors (Lipinski definition) is 6. The first kappa shape index (κ1) is 19.4. The van der Waals surface area contributed by atoms with Gasteiger partial charge in [-0.2, -0.15) is 0 Å². The van der Waals surface area contributed by atoms with Gasteiger partial charge in [-0.1, -0.05) is 18.2 Å². The highest BCUT2D eigenvalue weighted by Crippen LogP contribution is 2.21. The Labute approximate surface area is 169 Å². The average molecular weight is 394 g/mol. The van der Waals surface area contributed by atoms with Crippen molar-refractivity contribution in [2.75, 3.05) is 38.6 Å². The zero-order valence-electron chi connectivity index (χ0n) is 16.4. The summed E-state index contributed by atoms with van der Waals surface area (Å²) in [5.74, 6) is 1.13. The van der Waals surface area contributed by atoms with Crippen molar-refractivity contribution >= 4 is 5.95 Å². The van der Waals surface area contributed by atoms with E-state index in [0.717, 1.165) is 61.8 Å². The first-order valence-corrected chi connectivity index (χ1v) is 9.98. The van der Waals surface area contributed by atoms with Crippen LogP contribution in [0.3, 0.4) is 0 Å². The third-order valence-electron chi connectivity index (χ3n) is 5.24. The standard InChI is InChI=1S/C22H26N4O3/c23-22-24-19(16-21(27)26(22)9-8-25-10-13-28-14-11-25)7-6-17-3-1-4-18(15-17)20-5-2-12-29-20/h1-5,12,15-16H,6-11,13-14H2,(H2,23,24). The van der Waals surface area contributed by atoms with E-state index in [1.54, 1.807) is 16.9 Å². The van der Waals surface area contributed by atoms with Gasteiger partial charge >= 0.3 is 0 Å². The molecule has 0 aliphatic carbocycles. The Balaban J connectivity index is 1.39. The average Bonchev–Trinajstić information content (AvgIpc) is 3.28. The van der Waals surface area contributed by atoms with E-state index in [1.807, 2.05) is 24.3 Å². The zero-order valence-corrected chi connectivity index (χ0v) is 16.4. The minimum atomic E-state index is -0.0925. The summed E-state index contributed by atoms with van der Waals surface area (Å²) in [5, 5.41) is 0. The van der Waals surface area contributed by atoms with Crippen LogP contribution in [0.1, 0.15) is 11.3 Å². The third-order valence-corrected chi connectivity index (χ3v) is 5.24. The Morgan fingerprint density at radius 1 is 1.03 bits per heavy atom. The number of nitrogens with zero attached hydrogens (tertiary/aromatic N) is 3. The Morgan fingerprint density at radius 2 is 1.90 bits per heavy atom. The first-order valence-electron chi connectivity index (χ1n) is 9.98. The molecule has 7 nitrogen and oxygen atoms in total. The molecule has 152 valence electrons. The van der Waals surface area contributed by atoms with E-state index in [4.69, 9.17) is 14.9 Å². The number of nitrogen functional groups attached to an aromatic ring is 1. The van der Waals surface area contributed by atoms with E-state index in [9.17, 15) is 4.79 Å². The van der Waals surface area contributed by atoms with E-state index in [0.29, 0.717) is 13.0 Å². The molecule has 0 saturated carbocycles. The number of hydrogen-bond donors (Lipinski definition) is 1. The maximum absolute atomic E-state index is 12.5. The number of aryl methyl sites for hydroxylation is 2. The summed E-state index contributed by atoms with van der Waals surface area (Å²) < 4.78 is 12.4. The molecule has 4 rings (SSSR count). The van der Waals surface area contributed by atoms with Gasteiger partial charge in [0.15, 0.2) is 0 Å². The molecule has 2 aromatic heterocycles. The van der Waals surface area contributed by atoms with Crippen LogP contribution in [-0.4, -0.2) is 47.3 Å². The predicted octanol–water partition coefficient (Wildman–Crippen LogP) is 2.20. The number of anilines is 1. The Hall–Kier alpha value is -2.90. The van der Waals surface area contributed by atoms with Crippen molar-refractivity contribution in [3.63, 3.8) is 0 Å². The molecule has 0 unspecified atom stereocenters. The largest absolute Gasteiger partial charge is 0.464 e. The molecule has 0 bridgehead atoms. The maximum atomic E-state index is 12.5. The predicted molar refractivity (Wildman–Crippen MR) is 112 cm³/mol. The molecular weight excluding hydrogens is 368 g/mol. The van der Waals surface area contributed by atoms with Gasteiger partial charge in [-0.15, -0.1) is 0 Å². The minimum Gasteiger partial charge on any atom is -0.464 e. The second kappa shape index (κ2) is 9.07. The van der Waals surface area contributed by atoms with Crippen LogP contribution in [-0.2, 0) is 24.1 Å². The topological polar surface area (TPSA) is 86.5 Å². The lowest BCUT2D eigenvalue weighted by Gasteiger charge is -2.26. The highest BCUT2D eigenvalue weighted by Gasteiger charge is 2.12. The molecule has 3 heterocycles. The smallest absolute Gasteiger partial charge is 0.255 e. The van der Waals surface area contributed by atoms with Crippen LogP contribution < -0.4 is 11.3 Å². The molecule has 7 heteroatoms. The van der Waals surface area contributed by atoms with Crippen LogP contribution in [0.4, 0.5) is 5.95 Å². The molecule has 3 aromatic rings. The molecule has 0 atom stereocenters. The van der Waals surface area contributed by atoms with Gasteiger partial charge in [-0.3, -0.25) is 14.3 Å². The highest BCUT2D eigenvalue weighted by atomic mass is 16.5. The van der Waals surface area contributed by atoms with Crippen molar-refractivity contribution in [1.82, 2.24) is 14.5 Å². The van der Waals surface area contributed by atoms with Gasteiger partial charge in [0.2, 0.25) is 5.95 Å². The second-order valence-corrected chi connectivity index (χ2v) is 7.23. The minimum absolute atomic E-state index is 0.0925. The first-order chi connectivity index (χ1) is 14.2. The van der Waals surface area contributed by atoms with Gasteiger partial charge in [0, 0.05) is 37.8 Å². The molecule has 29 heavy (non-hydrogen) atoms. The SMILES string of the molecule is Nc1nc(CCc2cccc(-c3ccco3)c2)cc(=O)n1CCN1CCOCC1. The van der Waals surface area contributed by atoms with Crippen LogP contribution >= 0.6 is 0 Å². The molecule has 0 radical (unpaired) electrons. The fourth-order valence-electron chi connectivity index (χ4n) is 3.59. The fourth-order valence-corrected chi connectivity index (χ4v) is 3.59. The number of furan rings is 1. The van der Waals surface area contributed by atoms with Crippen LogP contribution in [0.25, 0.3) is 11.3 Å². The number of rotatable bonds is 7. The second-order valence-electron chi connectivity index (χ2n) is 7.23. The quantitative estimate of drug-likeness (QED) is 0.661. The van der Waals surface area contributed by atoms with Gasteiger partial charge in [0.25, 0.3) is 5.56 Å². The van der Waals surface area contributed by atoms with Gasteiger partial charge in [-0.25, -0.2) is 4.98 Å². The summed E-state index contributed by atoms with van der Waals surface area (Å²) in [6.07, 6.45) is 3.10. The summed E-state index contributed by atoms with van der Waals surface area (Å²) >= 11 is 0. The summed E-state index contributed by atoms with van der Waals surface area (Å²) in [6, 6.07) is 13.6. The van der Waals surface area contributed by atoms with Gasteiger partial charge < -0.3 is 14.9 Å². The number of nitrogens with two attached hydrogens (primary N) is 1. The molecular formula is C22H26N4O3. The third kappa shape index (κ3) is 4.93. The van der Waals surface area contributed by atoms with Gasteiger partial charge in [-0.05, 0) is 36.6 Å². The molecule has 1 aliphatic heterocycles. The Morgan fingerprint density at radius 3 is 2.66 bits per heavy atom. The van der Waals surface area contributed by atoms with Crippen molar-refractivity contribution in [3.05, 3.63) is 70.3 Å². The number of ether oxygens (including phenoxy) is 1. The van der Waals surface area contributed by atoms with E-state index in [1.165, 1.54) is 0 Å². The lowest BCUT2D eigenvalue weighted by atomic mass is 10.0. The van der Waals surface area contributed by atoms with Crippen LogP contribution in [0.5, 0.6) is 0 Å². The van der Waals surface area contributed by atoms with Crippen LogP contribution in [0.15, 0.2) is 57.9 Å². The normalized spacial score (nSPS) is 14.9. The van der Waals surface area contributed by atoms with E-state index in [2.05, 4.69) is 22.0 Å². The van der Waals surface area contributed by atoms with Crippen LogP contribution in [0.2, 0.25) is 0 Å². The summed E-state index contributed by atoms with van der Waals surface area (Å²) in [7, 11) is 0. The van der Waals surface area contributed by atoms with Crippen molar-refractivity contribution in [1.29, 1.82) is 0 Å². The molecule has 0 amide bonds. The Kier molecular flexibility index (Phi) is 6.07. The Bertz CT molecular complexity index is 992. The number of benzene rings is 1. The van der Waals surface area contributed by atoms with Crippen LogP contribution in [0, 0.1) is 0 Å². The van der Waals surface area contributed by atoms with E-state index in [-0.39, 0.29) is 11.5 Å². The van der Waals surface area contributed by atoms with Crippen molar-refractivity contribution in [3.8, 4) is 11.3 Å². The lowest BCUT2D eigenvalue weighted by molar-refractivity contribution is 0.0363. The summed E-state index contributed by atoms with van der Waals surface area (Å²) in [6.45, 7) is 4.57. The van der Waals surface area contributed by atoms with Crippen molar-refractivity contribution in [2.45, 2.75) is 19.4 Å². The summed E-state index contributed by atoms with van der Waals surface area (Å²) in [4.78, 5) is 19.3.